The van der Waals surface area contributed by atoms with E-state index in [9.17, 15) is 29.0 Å². The predicted octanol–water partition coefficient (Wildman–Crippen LogP) is 3.95. The lowest BCUT2D eigenvalue weighted by atomic mass is 10.2. The van der Waals surface area contributed by atoms with Crippen molar-refractivity contribution in [1.29, 1.82) is 0 Å². The molecule has 2 aromatic rings. The summed E-state index contributed by atoms with van der Waals surface area (Å²) >= 11 is 0. The van der Waals surface area contributed by atoms with Crippen LogP contribution < -0.4 is 14.9 Å². The minimum absolute atomic E-state index is 0.0769. The summed E-state index contributed by atoms with van der Waals surface area (Å²) in [5, 5.41) is 25.6. The fourth-order valence-corrected chi connectivity index (χ4v) is 2.17. The molecule has 0 heterocycles. The van der Waals surface area contributed by atoms with E-state index in [4.69, 9.17) is 4.74 Å². The molecule has 0 bridgehead atoms. The Labute approximate surface area is 156 Å². The SMILES string of the molecule is CCOc1cccc(/C=N\Nc2ccc([N+](=O)[O-])cc2[N+](=O)[O-])c1OC(F)F. The molecule has 0 aromatic heterocycles. The molecule has 2 rings (SSSR count). The minimum Gasteiger partial charge on any atom is -0.490 e. The highest BCUT2D eigenvalue weighted by Crippen LogP contribution is 2.32. The van der Waals surface area contributed by atoms with Gasteiger partial charge in [0.2, 0.25) is 0 Å². The number of hydrazone groups is 1. The third-order valence-electron chi connectivity index (χ3n) is 3.29. The van der Waals surface area contributed by atoms with Crippen molar-refractivity contribution in [2.45, 2.75) is 13.5 Å². The number of alkyl halides is 2. The molecule has 1 N–H and O–H groups in total. The average molecular weight is 396 g/mol. The van der Waals surface area contributed by atoms with Gasteiger partial charge < -0.3 is 9.47 Å². The van der Waals surface area contributed by atoms with Crippen LogP contribution in [0.25, 0.3) is 0 Å². The van der Waals surface area contributed by atoms with Crippen LogP contribution in [0.1, 0.15) is 12.5 Å². The van der Waals surface area contributed by atoms with E-state index in [2.05, 4.69) is 15.3 Å². The van der Waals surface area contributed by atoms with Gasteiger partial charge in [-0.25, -0.2) is 0 Å². The molecule has 0 saturated carbocycles. The number of hydrogen-bond donors (Lipinski definition) is 1. The van der Waals surface area contributed by atoms with E-state index in [-0.39, 0.29) is 29.4 Å². The third kappa shape index (κ3) is 5.09. The van der Waals surface area contributed by atoms with E-state index in [1.165, 1.54) is 18.2 Å². The number of nitro groups is 2. The Bertz CT molecular complexity index is 907. The number of ether oxygens (including phenoxy) is 2. The molecule has 0 saturated heterocycles. The molecule has 0 aliphatic rings. The number of hydrogen-bond acceptors (Lipinski definition) is 8. The van der Waals surface area contributed by atoms with Crippen LogP contribution in [0.2, 0.25) is 0 Å². The number of halogens is 2. The van der Waals surface area contributed by atoms with Crippen molar-refractivity contribution in [2.75, 3.05) is 12.0 Å². The van der Waals surface area contributed by atoms with Gasteiger partial charge in [0.05, 0.1) is 28.7 Å². The molecular formula is C16H14F2N4O6. The summed E-state index contributed by atoms with van der Waals surface area (Å²) in [5.41, 5.74) is 1.34. The zero-order valence-corrected chi connectivity index (χ0v) is 14.4. The van der Waals surface area contributed by atoms with Gasteiger partial charge in [-0.1, -0.05) is 6.07 Å². The minimum atomic E-state index is -3.10. The first kappa shape index (κ1) is 20.5. The fraction of sp³-hybridized carbons (Fsp3) is 0.188. The number of para-hydroxylation sites is 1. The van der Waals surface area contributed by atoms with Gasteiger partial charge in [0.1, 0.15) is 5.69 Å². The molecule has 0 aliphatic heterocycles. The Morgan fingerprint density at radius 1 is 1.21 bits per heavy atom. The second kappa shape index (κ2) is 9.21. The second-order valence-corrected chi connectivity index (χ2v) is 5.07. The fourth-order valence-electron chi connectivity index (χ4n) is 2.17. The van der Waals surface area contributed by atoms with Gasteiger partial charge in [-0.15, -0.1) is 0 Å². The van der Waals surface area contributed by atoms with Gasteiger partial charge >= 0.3 is 12.3 Å². The van der Waals surface area contributed by atoms with Gasteiger partial charge in [-0.3, -0.25) is 25.7 Å². The summed E-state index contributed by atoms with van der Waals surface area (Å²) in [6.07, 6.45) is 1.10. The predicted molar refractivity (Wildman–Crippen MR) is 95.2 cm³/mol. The Morgan fingerprint density at radius 2 is 1.96 bits per heavy atom. The molecule has 0 amide bonds. The normalized spacial score (nSPS) is 10.9. The number of nitrogens with zero attached hydrogens (tertiary/aromatic N) is 3. The first-order chi connectivity index (χ1) is 13.3. The highest BCUT2D eigenvalue weighted by Gasteiger charge is 2.19. The Morgan fingerprint density at radius 3 is 2.57 bits per heavy atom. The Balaban J connectivity index is 2.31. The number of anilines is 1. The van der Waals surface area contributed by atoms with E-state index in [0.29, 0.717) is 0 Å². The van der Waals surface area contributed by atoms with Gasteiger partial charge in [0.15, 0.2) is 11.5 Å². The Hall–Kier alpha value is -3.83. The number of benzene rings is 2. The number of nitrogens with one attached hydrogen (secondary N) is 1. The number of nitro benzene ring substituents is 2. The second-order valence-electron chi connectivity index (χ2n) is 5.07. The van der Waals surface area contributed by atoms with Crippen molar-refractivity contribution >= 4 is 23.3 Å². The highest BCUT2D eigenvalue weighted by molar-refractivity contribution is 5.85. The summed E-state index contributed by atoms with van der Waals surface area (Å²) in [6.45, 7) is -1.22. The number of rotatable bonds is 9. The zero-order chi connectivity index (χ0) is 20.7. The maximum Gasteiger partial charge on any atom is 0.387 e. The van der Waals surface area contributed by atoms with Crippen LogP contribution in [0.3, 0.4) is 0 Å². The molecule has 0 radical (unpaired) electrons. The topological polar surface area (TPSA) is 129 Å². The largest absolute Gasteiger partial charge is 0.490 e. The molecule has 0 fully saturated rings. The molecule has 148 valence electrons. The summed E-state index contributed by atoms with van der Waals surface area (Å²) in [6, 6.07) is 7.34. The number of non-ortho nitro benzene ring substituents is 1. The molecule has 0 unspecified atom stereocenters. The van der Waals surface area contributed by atoms with Crippen LogP contribution >= 0.6 is 0 Å². The molecule has 2 aromatic carbocycles. The van der Waals surface area contributed by atoms with Gasteiger partial charge in [-0.2, -0.15) is 13.9 Å². The molecule has 10 nitrogen and oxygen atoms in total. The standard InChI is InChI=1S/C16H14F2N4O6/c1-2-27-14-5-3-4-10(15(14)28-16(17)18)9-19-20-12-7-6-11(21(23)24)8-13(12)22(25)26/h3-9,16,20H,2H2,1H3/b19-9-. The molecule has 12 heteroatoms. The summed E-state index contributed by atoms with van der Waals surface area (Å²) in [7, 11) is 0. The summed E-state index contributed by atoms with van der Waals surface area (Å²) in [4.78, 5) is 20.3. The summed E-state index contributed by atoms with van der Waals surface area (Å²) in [5.74, 6) is -0.170. The van der Waals surface area contributed by atoms with Crippen molar-refractivity contribution in [3.8, 4) is 11.5 Å². The smallest absolute Gasteiger partial charge is 0.387 e. The quantitative estimate of drug-likeness (QED) is 0.386. The van der Waals surface area contributed by atoms with E-state index in [1.54, 1.807) is 6.92 Å². The first-order valence-corrected chi connectivity index (χ1v) is 7.76. The van der Waals surface area contributed by atoms with Gasteiger partial charge in [0.25, 0.3) is 5.69 Å². The molecule has 28 heavy (non-hydrogen) atoms. The van der Waals surface area contributed by atoms with Crippen molar-refractivity contribution in [3.05, 3.63) is 62.2 Å². The zero-order valence-electron chi connectivity index (χ0n) is 14.4. The maximum atomic E-state index is 12.7. The molecule has 0 spiro atoms. The lowest BCUT2D eigenvalue weighted by Crippen LogP contribution is -2.07. The van der Waals surface area contributed by atoms with Crippen LogP contribution in [0.15, 0.2) is 41.5 Å². The van der Waals surface area contributed by atoms with E-state index in [0.717, 1.165) is 24.4 Å². The van der Waals surface area contributed by atoms with Crippen molar-refractivity contribution in [3.63, 3.8) is 0 Å². The van der Waals surface area contributed by atoms with E-state index >= 15 is 0 Å². The Kier molecular flexibility index (Phi) is 6.73. The monoisotopic (exact) mass is 396 g/mol. The van der Waals surface area contributed by atoms with Crippen LogP contribution in [0, 0.1) is 20.2 Å². The van der Waals surface area contributed by atoms with Crippen LogP contribution in [-0.4, -0.2) is 29.3 Å². The van der Waals surface area contributed by atoms with Crippen molar-refractivity contribution < 1.29 is 28.1 Å². The summed E-state index contributed by atoms with van der Waals surface area (Å²) < 4.78 is 35.1. The first-order valence-electron chi connectivity index (χ1n) is 7.76. The van der Waals surface area contributed by atoms with Gasteiger partial charge in [-0.05, 0) is 25.1 Å². The highest BCUT2D eigenvalue weighted by atomic mass is 19.3. The van der Waals surface area contributed by atoms with Crippen LogP contribution in [0.5, 0.6) is 11.5 Å². The van der Waals surface area contributed by atoms with Gasteiger partial charge in [0, 0.05) is 11.6 Å². The maximum absolute atomic E-state index is 12.7. The van der Waals surface area contributed by atoms with Crippen LogP contribution in [-0.2, 0) is 0 Å². The molecule has 0 atom stereocenters. The average Bonchev–Trinajstić information content (AvgIpc) is 2.63. The lowest BCUT2D eigenvalue weighted by Gasteiger charge is -2.13. The molecular weight excluding hydrogens is 382 g/mol. The lowest BCUT2D eigenvalue weighted by molar-refractivity contribution is -0.393. The van der Waals surface area contributed by atoms with Crippen molar-refractivity contribution in [1.82, 2.24) is 0 Å². The van der Waals surface area contributed by atoms with Crippen LogP contribution in [0.4, 0.5) is 25.8 Å². The van der Waals surface area contributed by atoms with Crippen molar-refractivity contribution in [2.24, 2.45) is 5.10 Å². The van der Waals surface area contributed by atoms with E-state index in [1.807, 2.05) is 0 Å². The third-order valence-corrected chi connectivity index (χ3v) is 3.29. The van der Waals surface area contributed by atoms with E-state index < -0.39 is 27.8 Å². The molecule has 0 aliphatic carbocycles.